The molecule has 4 aromatic heterocycles. The number of H-pyrrole nitrogens is 1. The number of anilines is 2. The van der Waals surface area contributed by atoms with Crippen molar-refractivity contribution in [2.24, 2.45) is 0 Å². The second kappa shape index (κ2) is 12.0. The highest BCUT2D eigenvalue weighted by Gasteiger charge is 2.52. The summed E-state index contributed by atoms with van der Waals surface area (Å²) in [5.74, 6) is -0.150. The Morgan fingerprint density at radius 3 is 2.66 bits per heavy atom. The van der Waals surface area contributed by atoms with Crippen LogP contribution in [0.1, 0.15) is 12.5 Å². The summed E-state index contributed by atoms with van der Waals surface area (Å²) >= 11 is 9.74. The molecule has 6 heterocycles. The first-order valence-corrected chi connectivity index (χ1v) is 17.5. The smallest absolute Gasteiger partial charge is 0.327 e. The zero-order chi connectivity index (χ0) is 31.5. The van der Waals surface area contributed by atoms with Gasteiger partial charge in [-0.25, -0.2) is 23.7 Å². The van der Waals surface area contributed by atoms with E-state index in [1.165, 1.54) is 16.8 Å². The van der Waals surface area contributed by atoms with E-state index in [1.54, 1.807) is 0 Å². The number of aromatic amines is 1. The van der Waals surface area contributed by atoms with Gasteiger partial charge in [0.2, 0.25) is 5.95 Å². The Kier molecular flexibility index (Phi) is 8.54. The van der Waals surface area contributed by atoms with Gasteiger partial charge in [0.25, 0.3) is 5.56 Å². The summed E-state index contributed by atoms with van der Waals surface area (Å²) in [6.07, 6.45) is -10.6. The quantitative estimate of drug-likeness (QED) is 0.122. The molecule has 4 aromatic rings. The Morgan fingerprint density at radius 2 is 1.91 bits per heavy atom. The molecule has 44 heavy (non-hydrogen) atoms. The van der Waals surface area contributed by atoms with Crippen LogP contribution in [0.3, 0.4) is 0 Å². The van der Waals surface area contributed by atoms with Gasteiger partial charge >= 0.3 is 6.72 Å². The number of ether oxygens (including phenoxy) is 2. The number of nitrogen functional groups attached to an aromatic ring is 2. The molecule has 6 rings (SSSR count). The van der Waals surface area contributed by atoms with E-state index in [0.29, 0.717) is 5.39 Å². The molecular formula is C20H23F2N9O9P2S2. The largest absolute Gasteiger partial charge is 0.385 e. The molecule has 238 valence electrons. The lowest BCUT2D eigenvalue weighted by Crippen LogP contribution is -2.33. The van der Waals surface area contributed by atoms with Crippen LogP contribution in [0.15, 0.2) is 29.7 Å². The molecule has 24 heteroatoms. The Balaban J connectivity index is 1.26. The summed E-state index contributed by atoms with van der Waals surface area (Å²) in [6.45, 7) is -5.09. The zero-order valence-electron chi connectivity index (χ0n) is 21.8. The standard InChI is InChI=1S/C20H23F2N9O9P2S2/c21-8-7(3-36-41(34)43)37-18(31-5-27-10-15(31)28-20(24)29-16(10)33)12(8)39-42(35,44)40-19-11(32)9(22)17(38-19)30-2-1-6-13(23)25-4-26-14(6)30/h1-2,4-5,7-9,11-12,17-19,32,41H,3H2,(H,34,43)(H,35,44)(H2,23,25,26)(H3,24,28,29,33)/t7-,8-,9+,11+,12-,17-,18-,19-,42?/m1/s1. The minimum atomic E-state index is -4.58. The van der Waals surface area contributed by atoms with Crippen LogP contribution in [0.5, 0.6) is 0 Å². The molecule has 2 unspecified atom stereocenters. The molecule has 2 aliphatic heterocycles. The van der Waals surface area contributed by atoms with E-state index in [0.717, 1.165) is 17.2 Å². The lowest BCUT2D eigenvalue weighted by Gasteiger charge is -2.27. The fraction of sp³-hybridized carbons (Fsp3) is 0.450. The van der Waals surface area contributed by atoms with Crippen molar-refractivity contribution in [1.29, 1.82) is 0 Å². The number of nitrogens with one attached hydrogen (secondary N) is 1. The maximum Gasteiger partial charge on any atom is 0.327 e. The average Bonchev–Trinajstić information content (AvgIpc) is 3.70. The summed E-state index contributed by atoms with van der Waals surface area (Å²) in [7, 11) is -2.66. The van der Waals surface area contributed by atoms with Gasteiger partial charge in [0.05, 0.1) is 18.3 Å². The molecule has 0 amide bonds. The number of halogens is 2. The molecular weight excluding hydrogens is 674 g/mol. The van der Waals surface area contributed by atoms with Crippen LogP contribution in [0.4, 0.5) is 20.5 Å². The highest BCUT2D eigenvalue weighted by atomic mass is 32.5. The van der Waals surface area contributed by atoms with Gasteiger partial charge in [0.1, 0.15) is 36.1 Å². The number of hydrogen-bond acceptors (Lipinski definition) is 15. The Labute approximate surface area is 254 Å². The second-order valence-electron chi connectivity index (χ2n) is 9.55. The first-order chi connectivity index (χ1) is 20.8. The monoisotopic (exact) mass is 697 g/mol. The van der Waals surface area contributed by atoms with Gasteiger partial charge in [-0.2, -0.15) is 4.98 Å². The number of fused-ring (bicyclic) bond motifs is 2. The number of nitrogens with two attached hydrogens (primary N) is 2. The van der Waals surface area contributed by atoms with Gasteiger partial charge in [-0.15, -0.1) is 0 Å². The van der Waals surface area contributed by atoms with Crippen LogP contribution < -0.4 is 17.0 Å². The van der Waals surface area contributed by atoms with Gasteiger partial charge in [-0.05, 0) is 29.7 Å². The fourth-order valence-electron chi connectivity index (χ4n) is 4.87. The predicted octanol–water partition coefficient (Wildman–Crippen LogP) is -0.348. The van der Waals surface area contributed by atoms with Crippen molar-refractivity contribution in [2.45, 2.75) is 49.4 Å². The van der Waals surface area contributed by atoms with Crippen molar-refractivity contribution in [3.63, 3.8) is 0 Å². The van der Waals surface area contributed by atoms with Crippen LogP contribution in [-0.4, -0.2) is 92.5 Å². The summed E-state index contributed by atoms with van der Waals surface area (Å²) in [4.78, 5) is 50.9. The van der Waals surface area contributed by atoms with Crippen LogP contribution in [0.2, 0.25) is 0 Å². The highest BCUT2D eigenvalue weighted by molar-refractivity contribution is 8.07. The Morgan fingerprint density at radius 1 is 1.14 bits per heavy atom. The molecule has 2 saturated heterocycles. The van der Waals surface area contributed by atoms with Crippen molar-refractivity contribution in [3.05, 3.63) is 35.3 Å². The van der Waals surface area contributed by atoms with Gasteiger partial charge < -0.3 is 44.9 Å². The van der Waals surface area contributed by atoms with Gasteiger partial charge in [0.15, 0.2) is 49.4 Å². The van der Waals surface area contributed by atoms with E-state index < -0.39 is 75.4 Å². The predicted molar refractivity (Wildman–Crippen MR) is 154 cm³/mol. The molecule has 18 nitrogen and oxygen atoms in total. The number of aromatic nitrogens is 7. The molecule has 0 spiro atoms. The SMILES string of the molecule is Nc1nc2c(ncn2[C@@H]2O[C@H](CO[PH](O)=S)[C@@H](F)[C@H]2OP(O)(=S)O[C@H]2O[C@@H](n3ccc4c(N)ncnc43)[C@@H](F)[C@@H]2O)c(=O)[nH]1. The summed E-state index contributed by atoms with van der Waals surface area (Å²) in [6, 6.07) is 1.52. The van der Waals surface area contributed by atoms with E-state index in [1.807, 2.05) is 0 Å². The highest BCUT2D eigenvalue weighted by Crippen LogP contribution is 2.53. The molecule has 8 N–H and O–H groups in total. The zero-order valence-corrected chi connectivity index (χ0v) is 25.3. The third kappa shape index (κ3) is 5.77. The first kappa shape index (κ1) is 31.4. The number of hydrogen-bond donors (Lipinski definition) is 6. The molecule has 2 aliphatic rings. The number of nitrogens with zero attached hydrogens (tertiary/aromatic N) is 6. The molecule has 0 radical (unpaired) electrons. The van der Waals surface area contributed by atoms with Gasteiger partial charge in [-0.3, -0.25) is 23.4 Å². The van der Waals surface area contributed by atoms with Crippen molar-refractivity contribution < 1.29 is 46.7 Å². The first-order valence-electron chi connectivity index (χ1n) is 12.5. The summed E-state index contributed by atoms with van der Waals surface area (Å²) < 4.78 is 60.5. The number of aliphatic hydroxyl groups is 1. The minimum Gasteiger partial charge on any atom is -0.385 e. The van der Waals surface area contributed by atoms with Crippen LogP contribution in [0, 0.1) is 0 Å². The molecule has 0 saturated carbocycles. The lowest BCUT2D eigenvalue weighted by atomic mass is 10.1. The third-order valence-corrected chi connectivity index (χ3v) is 9.09. The van der Waals surface area contributed by atoms with Crippen molar-refractivity contribution >= 4 is 71.4 Å². The number of imidazole rings is 1. The van der Waals surface area contributed by atoms with Crippen LogP contribution >= 0.6 is 13.9 Å². The number of rotatable bonds is 9. The number of aliphatic hydroxyl groups excluding tert-OH is 1. The van der Waals surface area contributed by atoms with E-state index in [9.17, 15) is 19.7 Å². The lowest BCUT2D eigenvalue weighted by molar-refractivity contribution is -0.134. The summed E-state index contributed by atoms with van der Waals surface area (Å²) in [5, 5.41) is 11.0. The maximum atomic E-state index is 15.8. The molecule has 0 aromatic carbocycles. The molecule has 2 fully saturated rings. The molecule has 0 aliphatic carbocycles. The fourth-order valence-corrected chi connectivity index (χ4v) is 6.95. The molecule has 10 atom stereocenters. The Hall–Kier alpha value is -2.59. The average molecular weight is 698 g/mol. The van der Waals surface area contributed by atoms with Crippen LogP contribution in [0.25, 0.3) is 22.2 Å². The summed E-state index contributed by atoms with van der Waals surface area (Å²) in [5.41, 5.74) is 10.7. The van der Waals surface area contributed by atoms with Crippen molar-refractivity contribution in [3.8, 4) is 0 Å². The number of alkyl halides is 2. The topological polar surface area (TPSA) is 253 Å². The minimum absolute atomic E-state index is 0.123. The van der Waals surface area contributed by atoms with E-state index in [4.69, 9.17) is 46.3 Å². The van der Waals surface area contributed by atoms with Gasteiger partial charge in [-0.1, -0.05) is 0 Å². The molecule has 0 bridgehead atoms. The second-order valence-corrected chi connectivity index (χ2v) is 14.2. The Bertz CT molecular complexity index is 1850. The van der Waals surface area contributed by atoms with Crippen molar-refractivity contribution in [1.82, 2.24) is 34.1 Å². The van der Waals surface area contributed by atoms with E-state index >= 15 is 8.78 Å². The maximum absolute atomic E-state index is 15.8. The van der Waals surface area contributed by atoms with Crippen molar-refractivity contribution in [2.75, 3.05) is 18.1 Å². The normalized spacial score (nSPS) is 31.1. The van der Waals surface area contributed by atoms with Gasteiger partial charge in [0, 0.05) is 6.20 Å². The third-order valence-electron chi connectivity index (χ3n) is 6.82. The van der Waals surface area contributed by atoms with E-state index in [-0.39, 0.29) is 28.6 Å². The van der Waals surface area contributed by atoms with Crippen LogP contribution in [-0.2, 0) is 46.7 Å². The van der Waals surface area contributed by atoms with E-state index in [2.05, 4.69) is 36.7 Å².